The molecule has 306 valence electrons. The number of nitrogens with one attached hydrogen (secondary N) is 1. The van der Waals surface area contributed by atoms with E-state index in [2.05, 4.69) is 32.4 Å². The second-order valence-electron chi connectivity index (χ2n) is 17.7. The number of ether oxygens (including phenoxy) is 3. The van der Waals surface area contributed by atoms with Crippen LogP contribution in [-0.4, -0.2) is 114 Å². The highest BCUT2D eigenvalue weighted by molar-refractivity contribution is 7.90. The van der Waals surface area contributed by atoms with Crippen molar-refractivity contribution in [3.8, 4) is 5.75 Å². The molecule has 0 unspecified atom stereocenters. The molecule has 5 heterocycles. The molecule has 7 aliphatic rings. The zero-order chi connectivity index (χ0) is 39.6. The number of hydrogen-bond acceptors (Lipinski definition) is 9. The van der Waals surface area contributed by atoms with Gasteiger partial charge >= 0.3 is 0 Å². The number of carbonyl (C=O) groups excluding carboxylic acids is 1. The van der Waals surface area contributed by atoms with Crippen LogP contribution in [0.25, 0.3) is 0 Å². The molecular formula is C43H58ClFN4O6S. The predicted octanol–water partition coefficient (Wildman–Crippen LogP) is 6.06. The van der Waals surface area contributed by atoms with Gasteiger partial charge in [0.05, 0.1) is 41.8 Å². The first-order valence-corrected chi connectivity index (χ1v) is 22.5. The molecule has 1 amide bonds. The Balaban J connectivity index is 1.19. The van der Waals surface area contributed by atoms with Gasteiger partial charge in [-0.25, -0.2) is 17.5 Å². The highest BCUT2D eigenvalue weighted by Gasteiger charge is 2.55. The minimum atomic E-state index is -4.01. The Morgan fingerprint density at radius 2 is 1.84 bits per heavy atom. The summed E-state index contributed by atoms with van der Waals surface area (Å²) in [4.78, 5) is 21.2. The molecule has 2 aromatic rings. The van der Waals surface area contributed by atoms with E-state index >= 15 is 4.39 Å². The van der Waals surface area contributed by atoms with E-state index in [1.54, 1.807) is 31.2 Å². The molecule has 1 saturated carbocycles. The van der Waals surface area contributed by atoms with Crippen molar-refractivity contribution in [2.45, 2.75) is 82.1 Å². The van der Waals surface area contributed by atoms with Gasteiger partial charge in [-0.15, -0.1) is 0 Å². The van der Waals surface area contributed by atoms with E-state index < -0.39 is 32.2 Å². The number of amides is 1. The molecule has 2 saturated heterocycles. The summed E-state index contributed by atoms with van der Waals surface area (Å²) in [5.41, 5.74) is 2.54. The summed E-state index contributed by atoms with van der Waals surface area (Å²) in [6, 6.07) is 9.27. The van der Waals surface area contributed by atoms with E-state index in [1.807, 2.05) is 27.0 Å². The number of carbonyl (C=O) groups is 1. The Labute approximate surface area is 337 Å². The van der Waals surface area contributed by atoms with E-state index in [0.29, 0.717) is 36.9 Å². The van der Waals surface area contributed by atoms with Crippen LogP contribution in [0.2, 0.25) is 5.02 Å². The summed E-state index contributed by atoms with van der Waals surface area (Å²) < 4.78 is 64.7. The third-order valence-corrected chi connectivity index (χ3v) is 16.6. The molecule has 1 N–H and O–H groups in total. The fraction of sp³-hybridized carbons (Fsp3) is 0.651. The molecule has 13 heteroatoms. The Bertz CT molecular complexity index is 1970. The summed E-state index contributed by atoms with van der Waals surface area (Å²) in [5.74, 6) is -0.116. The van der Waals surface area contributed by atoms with Gasteiger partial charge in [-0.2, -0.15) is 0 Å². The SMILES string of the molecule is CCCc1c([C@]2(C)COc3ccc4cc3N(C[C@@H]3CC[C@H]3[C@@](CN3CCN(C5COC5)CC3)(OC)C3=C[C@@H](C3)[C@H](C)[C@@H](C)S(=O)(=O)NC4=O)C2)ccc(Cl)c1F. The lowest BCUT2D eigenvalue weighted by Crippen LogP contribution is -2.63. The first-order valence-electron chi connectivity index (χ1n) is 20.6. The van der Waals surface area contributed by atoms with Crippen molar-refractivity contribution in [2.24, 2.45) is 23.7 Å². The normalized spacial score (nSPS) is 33.8. The monoisotopic (exact) mass is 812 g/mol. The predicted molar refractivity (Wildman–Crippen MR) is 217 cm³/mol. The Kier molecular flexibility index (Phi) is 11.1. The lowest BCUT2D eigenvalue weighted by atomic mass is 9.58. The minimum Gasteiger partial charge on any atom is -0.490 e. The number of anilines is 1. The Morgan fingerprint density at radius 3 is 2.48 bits per heavy atom. The molecule has 5 aliphatic heterocycles. The van der Waals surface area contributed by atoms with Crippen LogP contribution in [0, 0.1) is 29.5 Å². The van der Waals surface area contributed by atoms with Gasteiger partial charge in [-0.05, 0) is 97.2 Å². The van der Waals surface area contributed by atoms with Gasteiger partial charge in [-0.3, -0.25) is 14.6 Å². The maximum absolute atomic E-state index is 15.8. The largest absolute Gasteiger partial charge is 0.490 e. The maximum atomic E-state index is 15.8. The molecule has 10 nitrogen and oxygen atoms in total. The standard InChI is InChI=1S/C43H58ClFN4O6S/c1-6-7-34-36(11-12-37(44)40(34)45)42(4)24-49-21-30-8-10-35(30)43(53-5,25-47-14-16-48(17-15-47)33-22-54-23-33)32-18-31(19-32)27(2)28(3)56(51,52)46-41(50)29-9-13-39(55-26-42)38(49)20-29/h9,11-13,18,20,27-28,30-31,33,35H,6-8,10,14-17,19,21-26H2,1-5H3,(H,46,50)/t27-,28-,30+,31+,35-,42+,43+/m1/s1. The van der Waals surface area contributed by atoms with Gasteiger partial charge in [0.1, 0.15) is 17.2 Å². The van der Waals surface area contributed by atoms with Crippen LogP contribution in [-0.2, 0) is 31.3 Å². The molecule has 2 aromatic carbocycles. The van der Waals surface area contributed by atoms with E-state index in [1.165, 1.54) is 5.57 Å². The molecular weight excluding hydrogens is 755 g/mol. The van der Waals surface area contributed by atoms with Gasteiger partial charge in [0.2, 0.25) is 10.0 Å². The molecule has 0 radical (unpaired) electrons. The number of piperazine rings is 1. The van der Waals surface area contributed by atoms with E-state index in [4.69, 9.17) is 25.8 Å². The number of sulfonamides is 1. The fourth-order valence-electron chi connectivity index (χ4n) is 10.4. The van der Waals surface area contributed by atoms with Crippen LogP contribution in [0.1, 0.15) is 74.9 Å². The average molecular weight is 813 g/mol. The van der Waals surface area contributed by atoms with Crippen molar-refractivity contribution in [2.75, 3.05) is 77.6 Å². The van der Waals surface area contributed by atoms with Gasteiger partial charge in [0.15, 0.2) is 0 Å². The van der Waals surface area contributed by atoms with Crippen LogP contribution in [0.15, 0.2) is 42.0 Å². The number of fused-ring (bicyclic) bond motifs is 4. The first-order chi connectivity index (χ1) is 26.8. The summed E-state index contributed by atoms with van der Waals surface area (Å²) in [7, 11) is -2.15. The van der Waals surface area contributed by atoms with Crippen molar-refractivity contribution in [3.63, 3.8) is 0 Å². The summed E-state index contributed by atoms with van der Waals surface area (Å²) in [6.07, 6.45) is 6.38. The number of rotatable bonds is 7. The van der Waals surface area contributed by atoms with Crippen molar-refractivity contribution >= 4 is 33.2 Å². The highest BCUT2D eigenvalue weighted by Crippen LogP contribution is 2.54. The quantitative estimate of drug-likeness (QED) is 0.335. The van der Waals surface area contributed by atoms with Crippen molar-refractivity contribution in [1.82, 2.24) is 14.5 Å². The van der Waals surface area contributed by atoms with Crippen LogP contribution in [0.5, 0.6) is 5.75 Å². The second kappa shape index (κ2) is 15.5. The number of methoxy groups -OCH3 is 1. The summed E-state index contributed by atoms with van der Waals surface area (Å²) >= 11 is 6.35. The summed E-state index contributed by atoms with van der Waals surface area (Å²) in [6.45, 7) is 15.6. The molecule has 2 aliphatic carbocycles. The van der Waals surface area contributed by atoms with Gasteiger partial charge in [0, 0.05) is 63.9 Å². The molecule has 0 spiro atoms. The van der Waals surface area contributed by atoms with Crippen LogP contribution < -0.4 is 14.4 Å². The van der Waals surface area contributed by atoms with E-state index in [9.17, 15) is 13.2 Å². The maximum Gasteiger partial charge on any atom is 0.264 e. The highest BCUT2D eigenvalue weighted by atomic mass is 35.5. The summed E-state index contributed by atoms with van der Waals surface area (Å²) in [5, 5.41) is -0.685. The zero-order valence-electron chi connectivity index (χ0n) is 33.5. The van der Waals surface area contributed by atoms with Crippen molar-refractivity contribution in [1.29, 1.82) is 0 Å². The van der Waals surface area contributed by atoms with Gasteiger partial charge < -0.3 is 19.1 Å². The van der Waals surface area contributed by atoms with E-state index in [-0.39, 0.29) is 46.7 Å². The lowest BCUT2D eigenvalue weighted by molar-refractivity contribution is -0.117. The topological polar surface area (TPSA) is 101 Å². The number of allylic oxidation sites excluding steroid dienone is 1. The number of hydrogen-bond donors (Lipinski definition) is 1. The van der Waals surface area contributed by atoms with Gasteiger partial charge in [-0.1, -0.05) is 50.9 Å². The van der Waals surface area contributed by atoms with Crippen LogP contribution >= 0.6 is 11.6 Å². The Morgan fingerprint density at radius 1 is 1.09 bits per heavy atom. The van der Waals surface area contributed by atoms with Crippen molar-refractivity contribution in [3.05, 3.63) is 69.5 Å². The minimum absolute atomic E-state index is 0.0505. The van der Waals surface area contributed by atoms with Crippen LogP contribution in [0.3, 0.4) is 0 Å². The lowest BCUT2D eigenvalue weighted by Gasteiger charge is -2.56. The molecule has 4 bridgehead atoms. The molecule has 56 heavy (non-hydrogen) atoms. The van der Waals surface area contributed by atoms with Gasteiger partial charge in [0.25, 0.3) is 5.91 Å². The van der Waals surface area contributed by atoms with E-state index in [0.717, 1.165) is 82.9 Å². The molecule has 3 fully saturated rings. The van der Waals surface area contributed by atoms with Crippen molar-refractivity contribution < 1.29 is 31.8 Å². The zero-order valence-corrected chi connectivity index (χ0v) is 35.1. The molecule has 0 aromatic heterocycles. The number of benzene rings is 2. The average Bonchev–Trinajstić information content (AvgIpc) is 3.26. The smallest absolute Gasteiger partial charge is 0.264 e. The first kappa shape index (κ1) is 40.1. The fourth-order valence-corrected chi connectivity index (χ4v) is 11.9. The molecule has 7 atom stereocenters. The van der Waals surface area contributed by atoms with Crippen LogP contribution in [0.4, 0.5) is 10.1 Å². The number of nitrogens with zero attached hydrogens (tertiary/aromatic N) is 3. The number of halogens is 2. The third-order valence-electron chi connectivity index (χ3n) is 14.4. The third kappa shape index (κ3) is 7.08. The molecule has 9 rings (SSSR count). The second-order valence-corrected chi connectivity index (χ2v) is 20.1. The Hall–Kier alpha value is -2.74.